The molecule has 6 atom stereocenters. The van der Waals surface area contributed by atoms with E-state index in [1.54, 1.807) is 12.4 Å². The molecule has 6 aliphatic rings. The van der Waals surface area contributed by atoms with Gasteiger partial charge < -0.3 is 19.5 Å². The minimum Gasteiger partial charge on any atom is -0.461 e. The summed E-state index contributed by atoms with van der Waals surface area (Å²) in [4.78, 5) is 18.6. The number of nitrogens with one attached hydrogen (secondary N) is 2. The third-order valence-electron chi connectivity index (χ3n) is 11.4. The van der Waals surface area contributed by atoms with Crippen molar-refractivity contribution in [2.45, 2.75) is 82.0 Å². The number of halogens is 2. The minimum absolute atomic E-state index is 0.0649. The van der Waals surface area contributed by atoms with Crippen molar-refractivity contribution < 1.29 is 23.4 Å². The number of aliphatic hydroxyl groups is 1. The molecule has 10 rings (SSSR count). The van der Waals surface area contributed by atoms with Crippen LogP contribution in [-0.4, -0.2) is 98.2 Å². The summed E-state index contributed by atoms with van der Waals surface area (Å²) in [7, 11) is 0. The van der Waals surface area contributed by atoms with E-state index >= 15 is 4.39 Å². The number of hydrogen-bond donors (Lipinski definition) is 3. The lowest BCUT2D eigenvalue weighted by Crippen LogP contribution is -2.51. The van der Waals surface area contributed by atoms with Crippen molar-refractivity contribution in [2.24, 2.45) is 5.92 Å². The summed E-state index contributed by atoms with van der Waals surface area (Å²) < 4.78 is 43.9. The number of rotatable bonds is 3. The van der Waals surface area contributed by atoms with Crippen molar-refractivity contribution in [1.29, 1.82) is 0 Å². The van der Waals surface area contributed by atoms with E-state index < -0.39 is 29.5 Å². The SMILES string of the molecule is Cc1cc2[nH]ncc2c2c1[C@@H]1C[C@@H]1CCOC(O)N[C@]1(C)CCN(C1)c1nc(OC[C@@]34CCCN3C[C@H](F)C4)nc3c(F)c-2ncc13. The average molecular weight is 647 g/mol. The van der Waals surface area contributed by atoms with Crippen molar-refractivity contribution in [3.8, 4) is 17.3 Å². The molecule has 4 fully saturated rings. The molecule has 248 valence electrons. The molecule has 3 saturated heterocycles. The molecule has 6 bridgehead atoms. The maximum Gasteiger partial charge on any atom is 0.319 e. The van der Waals surface area contributed by atoms with Crippen LogP contribution in [0.15, 0.2) is 18.5 Å². The Morgan fingerprint density at radius 2 is 2.09 bits per heavy atom. The van der Waals surface area contributed by atoms with Crippen LogP contribution in [0.1, 0.15) is 62.5 Å². The lowest BCUT2D eigenvalue weighted by molar-refractivity contribution is -0.134. The summed E-state index contributed by atoms with van der Waals surface area (Å²) in [6, 6.07) is 2.13. The molecule has 1 saturated carbocycles. The van der Waals surface area contributed by atoms with Crippen molar-refractivity contribution in [3.05, 3.63) is 35.4 Å². The van der Waals surface area contributed by atoms with Crippen LogP contribution >= 0.6 is 0 Å². The predicted octanol–water partition coefficient (Wildman–Crippen LogP) is 4.33. The second-order valence-electron chi connectivity index (χ2n) is 14.7. The summed E-state index contributed by atoms with van der Waals surface area (Å²) in [5.41, 5.74) is 3.12. The third kappa shape index (κ3) is 4.88. The number of ether oxygens (including phenoxy) is 2. The number of aliphatic hydroxyl groups excluding tert-OH is 1. The minimum atomic E-state index is -1.12. The Morgan fingerprint density at radius 3 is 2.98 bits per heavy atom. The fourth-order valence-electron chi connectivity index (χ4n) is 8.97. The van der Waals surface area contributed by atoms with E-state index in [0.29, 0.717) is 56.2 Å². The molecule has 0 spiro atoms. The van der Waals surface area contributed by atoms with Gasteiger partial charge in [0, 0.05) is 48.7 Å². The number of fused-ring (bicyclic) bond motifs is 7. The molecular formula is C34H40F2N8O3. The number of benzene rings is 1. The molecule has 1 aliphatic carbocycles. The highest BCUT2D eigenvalue weighted by Crippen LogP contribution is 2.55. The lowest BCUT2D eigenvalue weighted by atomic mass is 9.91. The lowest BCUT2D eigenvalue weighted by Gasteiger charge is -2.31. The average Bonchev–Trinajstić information content (AvgIpc) is 3.36. The van der Waals surface area contributed by atoms with E-state index in [1.807, 2.05) is 13.8 Å². The maximum atomic E-state index is 17.2. The molecule has 3 aromatic heterocycles. The number of H-pyrrole nitrogens is 1. The zero-order chi connectivity index (χ0) is 32.1. The Bertz CT molecular complexity index is 1890. The van der Waals surface area contributed by atoms with Gasteiger partial charge in [0.25, 0.3) is 0 Å². The van der Waals surface area contributed by atoms with Gasteiger partial charge in [-0.3, -0.25) is 20.3 Å². The van der Waals surface area contributed by atoms with Gasteiger partial charge in [0.1, 0.15) is 29.8 Å². The number of alkyl halides is 1. The van der Waals surface area contributed by atoms with Gasteiger partial charge in [-0.2, -0.15) is 15.1 Å². The van der Waals surface area contributed by atoms with Crippen molar-refractivity contribution in [2.75, 3.05) is 44.3 Å². The zero-order valence-corrected chi connectivity index (χ0v) is 26.7. The second-order valence-corrected chi connectivity index (χ2v) is 14.7. The number of hydrogen-bond acceptors (Lipinski definition) is 10. The Hall–Kier alpha value is -3.52. The number of anilines is 1. The summed E-state index contributed by atoms with van der Waals surface area (Å²) in [5, 5.41) is 22.7. The molecule has 13 heteroatoms. The Kier molecular flexibility index (Phi) is 6.77. The van der Waals surface area contributed by atoms with Crippen LogP contribution in [0.25, 0.3) is 33.1 Å². The summed E-state index contributed by atoms with van der Waals surface area (Å²) in [5.74, 6) is 0.521. The highest BCUT2D eigenvalue weighted by Gasteiger charge is 2.49. The van der Waals surface area contributed by atoms with E-state index in [0.717, 1.165) is 59.8 Å². The van der Waals surface area contributed by atoms with Crippen LogP contribution in [0.2, 0.25) is 0 Å². The van der Waals surface area contributed by atoms with Gasteiger partial charge in [-0.25, -0.2) is 8.78 Å². The predicted molar refractivity (Wildman–Crippen MR) is 171 cm³/mol. The maximum absolute atomic E-state index is 17.2. The first kappa shape index (κ1) is 29.6. The Morgan fingerprint density at radius 1 is 1.19 bits per heavy atom. The standard InChI is InChI=1S/C34H40F2N8O3/c1-18-10-24-22(14-38-42-24)26-25(18)21-11-19(21)4-9-46-32(45)41-33(2)6-8-43(16-33)30-23-13-37-29(26)27(36)28(23)39-31(40-30)47-17-34-5-3-7-44(34)15-20(35)12-34/h10,13-14,19-21,32,41,45H,3-9,11-12,15-17H2,1-2H3,(H,38,42)/t19-,20+,21+,32?,33+,34-/m0/s1. The molecule has 0 radical (unpaired) electrons. The summed E-state index contributed by atoms with van der Waals surface area (Å²) in [6.07, 6.45) is 6.07. The van der Waals surface area contributed by atoms with Gasteiger partial charge in [-0.05, 0) is 81.5 Å². The van der Waals surface area contributed by atoms with E-state index in [-0.39, 0.29) is 29.7 Å². The third-order valence-corrected chi connectivity index (χ3v) is 11.4. The van der Waals surface area contributed by atoms with Crippen LogP contribution in [0.3, 0.4) is 0 Å². The number of aromatic nitrogens is 5. The van der Waals surface area contributed by atoms with Crippen LogP contribution < -0.4 is 15.0 Å². The number of pyridine rings is 1. The number of nitrogens with zero attached hydrogens (tertiary/aromatic N) is 6. The van der Waals surface area contributed by atoms with Gasteiger partial charge >= 0.3 is 6.01 Å². The van der Waals surface area contributed by atoms with Gasteiger partial charge in [0.15, 0.2) is 5.82 Å². The van der Waals surface area contributed by atoms with Gasteiger partial charge in [-0.1, -0.05) is 0 Å². The van der Waals surface area contributed by atoms with E-state index in [2.05, 4.69) is 31.4 Å². The van der Waals surface area contributed by atoms with E-state index in [4.69, 9.17) is 24.4 Å². The first-order valence-electron chi connectivity index (χ1n) is 16.9. The Labute approximate surface area is 271 Å². The van der Waals surface area contributed by atoms with Crippen molar-refractivity contribution in [3.63, 3.8) is 0 Å². The normalized spacial score (nSPS) is 32.2. The van der Waals surface area contributed by atoms with Gasteiger partial charge in [0.2, 0.25) is 6.41 Å². The molecule has 4 aromatic rings. The topological polar surface area (TPSA) is 125 Å². The quantitative estimate of drug-likeness (QED) is 0.296. The summed E-state index contributed by atoms with van der Waals surface area (Å²) in [6.45, 7) is 7.09. The van der Waals surface area contributed by atoms with Crippen LogP contribution in [0.4, 0.5) is 14.6 Å². The highest BCUT2D eigenvalue weighted by molar-refractivity contribution is 6.00. The molecule has 8 heterocycles. The van der Waals surface area contributed by atoms with Crippen LogP contribution in [0.5, 0.6) is 6.01 Å². The first-order chi connectivity index (χ1) is 22.7. The van der Waals surface area contributed by atoms with E-state index in [1.165, 1.54) is 0 Å². The molecule has 0 amide bonds. The smallest absolute Gasteiger partial charge is 0.319 e. The van der Waals surface area contributed by atoms with Crippen LogP contribution in [0, 0.1) is 18.7 Å². The zero-order valence-electron chi connectivity index (χ0n) is 26.7. The molecule has 1 unspecified atom stereocenters. The molecule has 47 heavy (non-hydrogen) atoms. The second kappa shape index (κ2) is 10.7. The van der Waals surface area contributed by atoms with Crippen molar-refractivity contribution in [1.82, 2.24) is 35.4 Å². The monoisotopic (exact) mass is 646 g/mol. The van der Waals surface area contributed by atoms with Gasteiger partial charge in [-0.15, -0.1) is 0 Å². The Balaban J connectivity index is 1.21. The van der Waals surface area contributed by atoms with Crippen LogP contribution in [-0.2, 0) is 4.74 Å². The molecule has 3 N–H and O–H groups in total. The fourth-order valence-corrected chi connectivity index (χ4v) is 8.97. The number of aromatic amines is 1. The fraction of sp³-hybridized carbons (Fsp3) is 0.588. The highest BCUT2D eigenvalue weighted by atomic mass is 19.1. The summed E-state index contributed by atoms with van der Waals surface area (Å²) >= 11 is 0. The van der Waals surface area contributed by atoms with Crippen molar-refractivity contribution >= 4 is 27.6 Å². The first-order valence-corrected chi connectivity index (χ1v) is 16.9. The van der Waals surface area contributed by atoms with Gasteiger partial charge in [0.05, 0.1) is 29.2 Å². The van der Waals surface area contributed by atoms with E-state index in [9.17, 15) is 9.50 Å². The molecule has 11 nitrogen and oxygen atoms in total. The molecule has 1 aromatic carbocycles. The molecular weight excluding hydrogens is 606 g/mol. The largest absolute Gasteiger partial charge is 0.461 e. The number of aryl methyl sites for hydroxylation is 1. The molecule has 5 aliphatic heterocycles.